The number of rotatable bonds is 9. The number of furan rings is 1. The average molecular weight is 496 g/mol. The van der Waals surface area contributed by atoms with Gasteiger partial charge in [0.1, 0.15) is 11.5 Å². The summed E-state index contributed by atoms with van der Waals surface area (Å²) >= 11 is 6.21. The zero-order valence-corrected chi connectivity index (χ0v) is 20.5. The first-order chi connectivity index (χ1) is 17.0. The molecule has 2 unspecified atom stereocenters. The summed E-state index contributed by atoms with van der Waals surface area (Å²) in [7, 11) is 0. The fraction of sp³-hybridized carbons (Fsp3) is 0.333. The van der Waals surface area contributed by atoms with Crippen LogP contribution in [0.3, 0.4) is 0 Å². The number of nitrogens with zero attached hydrogens (tertiary/aromatic N) is 1. The van der Waals surface area contributed by atoms with Crippen LogP contribution in [0.1, 0.15) is 45.9 Å². The molecule has 35 heavy (non-hydrogen) atoms. The molecule has 0 aliphatic carbocycles. The second kappa shape index (κ2) is 12.0. The van der Waals surface area contributed by atoms with E-state index in [0.717, 1.165) is 30.2 Å². The van der Waals surface area contributed by atoms with Crippen LogP contribution in [0, 0.1) is 6.92 Å². The highest BCUT2D eigenvalue weighted by atomic mass is 35.5. The van der Waals surface area contributed by atoms with Gasteiger partial charge in [0.2, 0.25) is 5.91 Å². The van der Waals surface area contributed by atoms with Crippen molar-refractivity contribution < 1.29 is 18.7 Å². The van der Waals surface area contributed by atoms with Gasteiger partial charge >= 0.3 is 0 Å². The molecule has 0 bridgehead atoms. The zero-order chi connectivity index (χ0) is 24.6. The fourth-order valence-corrected chi connectivity index (χ4v) is 4.44. The van der Waals surface area contributed by atoms with Gasteiger partial charge in [-0.2, -0.15) is 0 Å². The Morgan fingerprint density at radius 3 is 2.40 bits per heavy atom. The van der Waals surface area contributed by atoms with E-state index >= 15 is 0 Å². The molecule has 0 radical (unpaired) electrons. The maximum atomic E-state index is 13.1. The van der Waals surface area contributed by atoms with Gasteiger partial charge in [-0.05, 0) is 36.8 Å². The highest BCUT2D eigenvalue weighted by molar-refractivity contribution is 6.33. The second-order valence-corrected chi connectivity index (χ2v) is 8.94. The monoisotopic (exact) mass is 495 g/mol. The Kier molecular flexibility index (Phi) is 8.58. The van der Waals surface area contributed by atoms with Crippen molar-refractivity contribution in [3.8, 4) is 0 Å². The van der Waals surface area contributed by atoms with Crippen molar-refractivity contribution in [1.82, 2.24) is 15.5 Å². The van der Waals surface area contributed by atoms with Crippen molar-refractivity contribution in [3.63, 3.8) is 0 Å². The largest absolute Gasteiger partial charge is 0.465 e. The van der Waals surface area contributed by atoms with Crippen molar-refractivity contribution in [2.75, 3.05) is 32.8 Å². The Bertz CT molecular complexity index is 1130. The first-order valence-electron chi connectivity index (χ1n) is 11.8. The number of carbonyl (C=O) groups is 2. The molecular weight excluding hydrogens is 466 g/mol. The summed E-state index contributed by atoms with van der Waals surface area (Å²) in [6, 6.07) is 19.6. The number of amides is 2. The molecule has 7 nitrogen and oxygen atoms in total. The van der Waals surface area contributed by atoms with Crippen LogP contribution in [0.4, 0.5) is 0 Å². The van der Waals surface area contributed by atoms with E-state index in [1.54, 1.807) is 24.3 Å². The average Bonchev–Trinajstić information content (AvgIpc) is 3.31. The molecule has 4 rings (SSSR count). The highest BCUT2D eigenvalue weighted by Gasteiger charge is 2.27. The Hall–Kier alpha value is -3.13. The first-order valence-corrected chi connectivity index (χ1v) is 12.1. The van der Waals surface area contributed by atoms with Gasteiger partial charge in [-0.1, -0.05) is 54.1 Å². The molecule has 2 aromatic carbocycles. The maximum Gasteiger partial charge on any atom is 0.253 e. The highest BCUT2D eigenvalue weighted by Crippen LogP contribution is 2.24. The zero-order valence-electron chi connectivity index (χ0n) is 19.7. The number of aryl methyl sites for hydroxylation is 1. The van der Waals surface area contributed by atoms with Crippen LogP contribution < -0.4 is 10.6 Å². The van der Waals surface area contributed by atoms with E-state index in [1.165, 1.54) is 0 Å². The van der Waals surface area contributed by atoms with Gasteiger partial charge in [0.05, 0.1) is 42.3 Å². The topological polar surface area (TPSA) is 83.8 Å². The van der Waals surface area contributed by atoms with Crippen molar-refractivity contribution in [2.45, 2.75) is 25.4 Å². The summed E-state index contributed by atoms with van der Waals surface area (Å²) in [6.45, 7) is 5.13. The number of nitrogens with one attached hydrogen (secondary N) is 2. The Balaban J connectivity index is 1.45. The summed E-state index contributed by atoms with van der Waals surface area (Å²) in [5, 5.41) is 6.40. The van der Waals surface area contributed by atoms with Gasteiger partial charge in [-0.3, -0.25) is 14.5 Å². The summed E-state index contributed by atoms with van der Waals surface area (Å²) in [5.41, 5.74) is 1.21. The van der Waals surface area contributed by atoms with Gasteiger partial charge in [-0.25, -0.2) is 0 Å². The van der Waals surface area contributed by atoms with Gasteiger partial charge < -0.3 is 19.8 Å². The second-order valence-electron chi connectivity index (χ2n) is 8.54. The predicted molar refractivity (Wildman–Crippen MR) is 134 cm³/mol. The lowest BCUT2D eigenvalue weighted by atomic mass is 10.0. The molecule has 2 atom stereocenters. The van der Waals surface area contributed by atoms with E-state index in [4.69, 9.17) is 20.8 Å². The number of carbonyl (C=O) groups excluding carboxylic acids is 2. The molecule has 8 heteroatoms. The smallest absolute Gasteiger partial charge is 0.253 e. The van der Waals surface area contributed by atoms with Crippen molar-refractivity contribution in [3.05, 3.63) is 94.4 Å². The third-order valence-electron chi connectivity index (χ3n) is 6.08. The quantitative estimate of drug-likeness (QED) is 0.462. The van der Waals surface area contributed by atoms with Crippen molar-refractivity contribution >= 4 is 23.4 Å². The Morgan fingerprint density at radius 2 is 1.71 bits per heavy atom. The van der Waals surface area contributed by atoms with Gasteiger partial charge in [0.15, 0.2) is 0 Å². The molecule has 0 saturated carbocycles. The van der Waals surface area contributed by atoms with E-state index in [1.807, 2.05) is 49.4 Å². The van der Waals surface area contributed by atoms with Crippen LogP contribution in [0.5, 0.6) is 0 Å². The number of morpholine rings is 1. The van der Waals surface area contributed by atoms with E-state index in [-0.39, 0.29) is 24.3 Å². The van der Waals surface area contributed by atoms with Crippen molar-refractivity contribution in [2.24, 2.45) is 0 Å². The number of halogens is 1. The summed E-state index contributed by atoms with van der Waals surface area (Å²) in [6.07, 6.45) is 0.0905. The first kappa shape index (κ1) is 25.0. The number of hydrogen-bond donors (Lipinski definition) is 2. The third-order valence-corrected chi connectivity index (χ3v) is 6.41. The lowest BCUT2D eigenvalue weighted by Gasteiger charge is -2.33. The normalized spacial score (nSPS) is 15.8. The Morgan fingerprint density at radius 1 is 1.00 bits per heavy atom. The molecule has 2 amide bonds. The molecule has 184 valence electrons. The molecule has 1 aromatic heterocycles. The minimum absolute atomic E-state index is 0.0905. The molecule has 3 aromatic rings. The molecule has 2 N–H and O–H groups in total. The molecule has 1 aliphatic heterocycles. The number of ether oxygens (including phenoxy) is 1. The molecule has 2 heterocycles. The van der Waals surface area contributed by atoms with Gasteiger partial charge in [-0.15, -0.1) is 0 Å². The van der Waals surface area contributed by atoms with E-state index in [2.05, 4.69) is 15.5 Å². The molecular formula is C27H30ClN3O4. The van der Waals surface area contributed by atoms with E-state index in [0.29, 0.717) is 30.3 Å². The van der Waals surface area contributed by atoms with Crippen LogP contribution in [-0.4, -0.2) is 49.6 Å². The lowest BCUT2D eigenvalue weighted by molar-refractivity contribution is -0.122. The molecule has 0 spiro atoms. The summed E-state index contributed by atoms with van der Waals surface area (Å²) in [5.74, 6) is 1.15. The predicted octanol–water partition coefficient (Wildman–Crippen LogP) is 4.29. The van der Waals surface area contributed by atoms with Gasteiger partial charge in [0.25, 0.3) is 5.91 Å². The van der Waals surface area contributed by atoms with Gasteiger partial charge in [0, 0.05) is 19.6 Å². The summed E-state index contributed by atoms with van der Waals surface area (Å²) in [4.78, 5) is 28.3. The maximum absolute atomic E-state index is 13.1. The number of benzene rings is 2. The van der Waals surface area contributed by atoms with Crippen LogP contribution in [0.15, 0.2) is 71.1 Å². The third kappa shape index (κ3) is 6.72. The minimum Gasteiger partial charge on any atom is -0.465 e. The molecule has 1 saturated heterocycles. The SMILES string of the molecule is Cc1ccc(C(CNC(=O)CC(NC(=O)c2ccccc2Cl)c2ccccc2)N2CCOCC2)o1. The number of hydrogen-bond acceptors (Lipinski definition) is 5. The minimum atomic E-state index is -0.507. The van der Waals surface area contributed by atoms with Crippen LogP contribution >= 0.6 is 11.6 Å². The van der Waals surface area contributed by atoms with Crippen LogP contribution in [-0.2, 0) is 9.53 Å². The molecule has 1 fully saturated rings. The van der Waals surface area contributed by atoms with E-state index in [9.17, 15) is 9.59 Å². The van der Waals surface area contributed by atoms with Crippen molar-refractivity contribution in [1.29, 1.82) is 0 Å². The van der Waals surface area contributed by atoms with Crippen LogP contribution in [0.25, 0.3) is 0 Å². The Labute approximate surface area is 210 Å². The lowest BCUT2D eigenvalue weighted by Crippen LogP contribution is -2.44. The fourth-order valence-electron chi connectivity index (χ4n) is 4.22. The van der Waals surface area contributed by atoms with Crippen LogP contribution in [0.2, 0.25) is 5.02 Å². The molecule has 1 aliphatic rings. The summed E-state index contributed by atoms with van der Waals surface area (Å²) < 4.78 is 11.4. The standard InChI is InChI=1S/C27H30ClN3O4/c1-19-11-12-25(35-19)24(31-13-15-34-16-14-31)18-29-26(32)17-23(20-7-3-2-4-8-20)30-27(33)21-9-5-6-10-22(21)28/h2-12,23-24H,13-18H2,1H3,(H,29,32)(H,30,33). The van der Waals surface area contributed by atoms with E-state index < -0.39 is 6.04 Å².